The summed E-state index contributed by atoms with van der Waals surface area (Å²) in [6.45, 7) is 3.08. The van der Waals surface area contributed by atoms with Gasteiger partial charge >= 0.3 is 0 Å². The molecule has 0 bridgehead atoms. The third-order valence-electron chi connectivity index (χ3n) is 1.90. The Balaban J connectivity index is 2.19. The van der Waals surface area contributed by atoms with E-state index in [4.69, 9.17) is 4.74 Å². The third kappa shape index (κ3) is 4.55. The summed E-state index contributed by atoms with van der Waals surface area (Å²) in [5.41, 5.74) is 0. The van der Waals surface area contributed by atoms with Gasteiger partial charge in [0.05, 0.1) is 12.7 Å². The first-order chi connectivity index (χ1) is 7.26. The number of anilines is 1. The average Bonchev–Trinajstić information content (AvgIpc) is 2.66. The van der Waals surface area contributed by atoms with Gasteiger partial charge in [-0.3, -0.25) is 0 Å². The standard InChI is InChI=1S/C9H17N3O2S/c1-3-8-11-9(15-12-8)10-5-4-7(13)6-14-2/h7,13H,3-6H2,1-2H3,(H,10,11,12). The van der Waals surface area contributed by atoms with E-state index in [0.717, 1.165) is 17.4 Å². The molecule has 1 aromatic rings. The first kappa shape index (κ1) is 12.4. The number of aliphatic hydroxyl groups is 1. The molecule has 1 atom stereocenters. The van der Waals surface area contributed by atoms with Crippen molar-refractivity contribution in [2.24, 2.45) is 0 Å². The quantitative estimate of drug-likeness (QED) is 0.730. The van der Waals surface area contributed by atoms with Crippen molar-refractivity contribution in [1.82, 2.24) is 9.36 Å². The zero-order chi connectivity index (χ0) is 11.1. The SMILES string of the molecule is CCc1nsc(NCCC(O)COC)n1. The Hall–Kier alpha value is -0.720. The lowest BCUT2D eigenvalue weighted by Gasteiger charge is -2.08. The van der Waals surface area contributed by atoms with Crippen molar-refractivity contribution >= 4 is 16.7 Å². The number of hydrogen-bond acceptors (Lipinski definition) is 6. The van der Waals surface area contributed by atoms with E-state index in [2.05, 4.69) is 14.7 Å². The van der Waals surface area contributed by atoms with Crippen molar-refractivity contribution in [3.05, 3.63) is 5.82 Å². The summed E-state index contributed by atoms with van der Waals surface area (Å²) < 4.78 is 8.97. The molecule has 1 heterocycles. The second-order valence-corrected chi connectivity index (χ2v) is 3.95. The number of aromatic nitrogens is 2. The van der Waals surface area contributed by atoms with E-state index in [0.29, 0.717) is 19.6 Å². The van der Waals surface area contributed by atoms with Gasteiger partial charge in [0.1, 0.15) is 5.82 Å². The number of methoxy groups -OCH3 is 1. The van der Waals surface area contributed by atoms with Crippen LogP contribution in [0.4, 0.5) is 5.13 Å². The van der Waals surface area contributed by atoms with Crippen LogP contribution in [0.1, 0.15) is 19.2 Å². The predicted molar refractivity (Wildman–Crippen MR) is 60.3 cm³/mol. The van der Waals surface area contributed by atoms with Gasteiger partial charge in [-0.05, 0) is 6.42 Å². The molecule has 1 rings (SSSR count). The molecule has 0 saturated carbocycles. The second kappa shape index (κ2) is 6.71. The van der Waals surface area contributed by atoms with Gasteiger partial charge in [-0.25, -0.2) is 4.98 Å². The Kier molecular flexibility index (Phi) is 5.52. The van der Waals surface area contributed by atoms with E-state index < -0.39 is 6.10 Å². The lowest BCUT2D eigenvalue weighted by Crippen LogP contribution is -2.18. The Morgan fingerprint density at radius 3 is 3.00 bits per heavy atom. The molecule has 0 aliphatic heterocycles. The molecule has 0 fully saturated rings. The average molecular weight is 231 g/mol. The van der Waals surface area contributed by atoms with Gasteiger partial charge in [0.15, 0.2) is 0 Å². The highest BCUT2D eigenvalue weighted by molar-refractivity contribution is 7.09. The van der Waals surface area contributed by atoms with E-state index in [1.807, 2.05) is 6.92 Å². The summed E-state index contributed by atoms with van der Waals surface area (Å²) in [4.78, 5) is 4.25. The topological polar surface area (TPSA) is 67.3 Å². The fourth-order valence-corrected chi connectivity index (χ4v) is 1.77. The van der Waals surface area contributed by atoms with E-state index in [1.54, 1.807) is 7.11 Å². The predicted octanol–water partition coefficient (Wildman–Crippen LogP) is 0.910. The van der Waals surface area contributed by atoms with Crippen LogP contribution in [0, 0.1) is 0 Å². The summed E-state index contributed by atoms with van der Waals surface area (Å²) >= 11 is 1.35. The number of aliphatic hydroxyl groups excluding tert-OH is 1. The lowest BCUT2D eigenvalue weighted by molar-refractivity contribution is 0.0615. The maximum atomic E-state index is 9.38. The second-order valence-electron chi connectivity index (χ2n) is 3.19. The van der Waals surface area contributed by atoms with E-state index in [-0.39, 0.29) is 0 Å². The van der Waals surface area contributed by atoms with Crippen molar-refractivity contribution in [2.75, 3.05) is 25.6 Å². The molecular formula is C9H17N3O2S. The molecule has 86 valence electrons. The first-order valence-electron chi connectivity index (χ1n) is 4.99. The number of ether oxygens (including phenoxy) is 1. The molecule has 0 aromatic carbocycles. The van der Waals surface area contributed by atoms with Crippen LogP contribution in [0.5, 0.6) is 0 Å². The fraction of sp³-hybridized carbons (Fsp3) is 0.778. The molecule has 1 unspecified atom stereocenters. The van der Waals surface area contributed by atoms with Gasteiger partial charge in [-0.2, -0.15) is 4.37 Å². The van der Waals surface area contributed by atoms with Crippen molar-refractivity contribution in [2.45, 2.75) is 25.9 Å². The number of nitrogens with zero attached hydrogens (tertiary/aromatic N) is 2. The summed E-state index contributed by atoms with van der Waals surface area (Å²) in [7, 11) is 1.58. The normalized spacial score (nSPS) is 12.7. The Bertz CT molecular complexity index is 280. The van der Waals surface area contributed by atoms with Gasteiger partial charge in [0.2, 0.25) is 5.13 Å². The van der Waals surface area contributed by atoms with Crippen molar-refractivity contribution < 1.29 is 9.84 Å². The Morgan fingerprint density at radius 2 is 2.40 bits per heavy atom. The highest BCUT2D eigenvalue weighted by Crippen LogP contribution is 2.11. The van der Waals surface area contributed by atoms with Crippen LogP contribution in [0.25, 0.3) is 0 Å². The smallest absolute Gasteiger partial charge is 0.202 e. The van der Waals surface area contributed by atoms with Crippen LogP contribution in [0.15, 0.2) is 0 Å². The number of rotatable bonds is 7. The monoisotopic (exact) mass is 231 g/mol. The molecule has 2 N–H and O–H groups in total. The summed E-state index contributed by atoms with van der Waals surface area (Å²) in [6, 6.07) is 0. The third-order valence-corrected chi connectivity index (χ3v) is 2.61. The van der Waals surface area contributed by atoms with Crippen LogP contribution in [0.3, 0.4) is 0 Å². The van der Waals surface area contributed by atoms with Crippen molar-refractivity contribution in [3.8, 4) is 0 Å². The molecule has 0 aliphatic carbocycles. The van der Waals surface area contributed by atoms with E-state index in [9.17, 15) is 5.11 Å². The van der Waals surface area contributed by atoms with Gasteiger partial charge in [-0.15, -0.1) is 0 Å². The molecule has 6 heteroatoms. The Morgan fingerprint density at radius 1 is 1.60 bits per heavy atom. The number of hydrogen-bond donors (Lipinski definition) is 2. The maximum absolute atomic E-state index is 9.38. The van der Waals surface area contributed by atoms with Crippen molar-refractivity contribution in [1.29, 1.82) is 0 Å². The van der Waals surface area contributed by atoms with Gasteiger partial charge in [0, 0.05) is 31.6 Å². The summed E-state index contributed by atoms with van der Waals surface area (Å²) in [5.74, 6) is 0.861. The molecule has 0 spiro atoms. The number of nitrogens with one attached hydrogen (secondary N) is 1. The van der Waals surface area contributed by atoms with Gasteiger partial charge in [0.25, 0.3) is 0 Å². The summed E-state index contributed by atoms with van der Waals surface area (Å²) in [6.07, 6.45) is 1.08. The van der Waals surface area contributed by atoms with Crippen LogP contribution in [-0.2, 0) is 11.2 Å². The molecule has 0 saturated heterocycles. The minimum atomic E-state index is -0.416. The van der Waals surface area contributed by atoms with Crippen LogP contribution >= 0.6 is 11.5 Å². The molecular weight excluding hydrogens is 214 g/mol. The van der Waals surface area contributed by atoms with E-state index >= 15 is 0 Å². The van der Waals surface area contributed by atoms with Crippen molar-refractivity contribution in [3.63, 3.8) is 0 Å². The van der Waals surface area contributed by atoms with Crippen LogP contribution in [0.2, 0.25) is 0 Å². The van der Waals surface area contributed by atoms with Crippen LogP contribution in [-0.4, -0.2) is 40.8 Å². The Labute approximate surface area is 93.7 Å². The highest BCUT2D eigenvalue weighted by Gasteiger charge is 2.04. The minimum absolute atomic E-state index is 0.373. The summed E-state index contributed by atoms with van der Waals surface area (Å²) in [5, 5.41) is 13.3. The highest BCUT2D eigenvalue weighted by atomic mass is 32.1. The maximum Gasteiger partial charge on any atom is 0.202 e. The molecule has 1 aromatic heterocycles. The van der Waals surface area contributed by atoms with Gasteiger partial charge in [-0.1, -0.05) is 6.92 Å². The van der Waals surface area contributed by atoms with Gasteiger partial charge < -0.3 is 15.2 Å². The first-order valence-corrected chi connectivity index (χ1v) is 5.77. The molecule has 0 aliphatic rings. The van der Waals surface area contributed by atoms with E-state index in [1.165, 1.54) is 11.5 Å². The minimum Gasteiger partial charge on any atom is -0.391 e. The van der Waals surface area contributed by atoms with Crippen LogP contribution < -0.4 is 5.32 Å². The zero-order valence-electron chi connectivity index (χ0n) is 9.06. The zero-order valence-corrected chi connectivity index (χ0v) is 9.88. The molecule has 0 amide bonds. The molecule has 15 heavy (non-hydrogen) atoms. The molecule has 0 radical (unpaired) electrons. The number of aryl methyl sites for hydroxylation is 1. The lowest BCUT2D eigenvalue weighted by atomic mass is 10.3. The largest absolute Gasteiger partial charge is 0.391 e. The molecule has 5 nitrogen and oxygen atoms in total. The fourth-order valence-electron chi connectivity index (χ4n) is 1.09.